The first-order chi connectivity index (χ1) is 8.52. The molecule has 2 aromatic rings. The largest absolute Gasteiger partial charge is 0.373 e. The molecule has 0 spiro atoms. The van der Waals surface area contributed by atoms with Crippen LogP contribution in [0, 0.1) is 20.8 Å². The van der Waals surface area contributed by atoms with Crippen LogP contribution in [0.3, 0.4) is 0 Å². The van der Waals surface area contributed by atoms with Gasteiger partial charge < -0.3 is 9.88 Å². The molecule has 0 bridgehead atoms. The number of nitrogens with zero attached hydrogens (tertiary/aromatic N) is 5. The van der Waals surface area contributed by atoms with Crippen LogP contribution in [0.2, 0.25) is 0 Å². The molecule has 0 aliphatic rings. The number of hydrogen-bond acceptors (Lipinski definition) is 6. The van der Waals surface area contributed by atoms with Gasteiger partial charge in [0.1, 0.15) is 22.5 Å². The molecule has 0 saturated heterocycles. The molecular formula is C11H16N6S. The Morgan fingerprint density at radius 2 is 1.83 bits per heavy atom. The quantitative estimate of drug-likeness (QED) is 0.851. The molecule has 0 aromatic carbocycles. The third kappa shape index (κ3) is 2.31. The maximum absolute atomic E-state index is 4.46. The summed E-state index contributed by atoms with van der Waals surface area (Å²) >= 11 is 1.50. The van der Waals surface area contributed by atoms with Gasteiger partial charge in [0, 0.05) is 19.7 Å². The van der Waals surface area contributed by atoms with Gasteiger partial charge in [-0.15, -0.1) is 10.2 Å². The average Bonchev–Trinajstić information content (AvgIpc) is 2.65. The minimum Gasteiger partial charge on any atom is -0.373 e. The molecule has 2 rings (SSSR count). The summed E-state index contributed by atoms with van der Waals surface area (Å²) in [6.07, 6.45) is 0. The number of aromatic nitrogens is 5. The Balaban J connectivity index is 2.40. The summed E-state index contributed by atoms with van der Waals surface area (Å²) in [5.74, 6) is 2.48. The Labute approximate surface area is 110 Å². The van der Waals surface area contributed by atoms with Gasteiger partial charge in [0.2, 0.25) is 0 Å². The smallest absolute Gasteiger partial charge is 0.197 e. The van der Waals surface area contributed by atoms with Crippen molar-refractivity contribution in [3.63, 3.8) is 0 Å². The number of hydrogen-bond donors (Lipinski definition) is 1. The number of rotatable bonds is 3. The molecule has 96 valence electrons. The molecule has 2 heterocycles. The van der Waals surface area contributed by atoms with E-state index in [1.54, 1.807) is 0 Å². The first kappa shape index (κ1) is 12.8. The predicted molar refractivity (Wildman–Crippen MR) is 70.9 cm³/mol. The normalized spacial score (nSPS) is 10.7. The molecule has 18 heavy (non-hydrogen) atoms. The van der Waals surface area contributed by atoms with Gasteiger partial charge in [0.15, 0.2) is 5.16 Å². The van der Waals surface area contributed by atoms with E-state index < -0.39 is 0 Å². The fourth-order valence-corrected chi connectivity index (χ4v) is 2.46. The van der Waals surface area contributed by atoms with Crippen molar-refractivity contribution < 1.29 is 0 Å². The van der Waals surface area contributed by atoms with Crippen molar-refractivity contribution in [2.24, 2.45) is 7.05 Å². The van der Waals surface area contributed by atoms with Crippen LogP contribution in [0.1, 0.15) is 17.2 Å². The Morgan fingerprint density at radius 1 is 1.11 bits per heavy atom. The molecule has 0 radical (unpaired) electrons. The van der Waals surface area contributed by atoms with Crippen LogP contribution in [0.5, 0.6) is 0 Å². The average molecular weight is 264 g/mol. The second-order valence-electron chi connectivity index (χ2n) is 3.99. The number of anilines is 1. The van der Waals surface area contributed by atoms with Gasteiger partial charge in [0.05, 0.1) is 0 Å². The highest BCUT2D eigenvalue weighted by Gasteiger charge is 2.13. The van der Waals surface area contributed by atoms with Crippen molar-refractivity contribution in [1.82, 2.24) is 24.7 Å². The van der Waals surface area contributed by atoms with E-state index >= 15 is 0 Å². The van der Waals surface area contributed by atoms with Crippen LogP contribution in [-0.2, 0) is 7.05 Å². The maximum Gasteiger partial charge on any atom is 0.197 e. The van der Waals surface area contributed by atoms with Crippen LogP contribution >= 0.6 is 11.8 Å². The van der Waals surface area contributed by atoms with Crippen LogP contribution in [0.4, 0.5) is 5.82 Å². The number of nitrogens with one attached hydrogen (secondary N) is 1. The summed E-state index contributed by atoms with van der Waals surface area (Å²) in [6.45, 7) is 5.80. The standard InChI is InChI=1S/C11H16N6S/c1-6-9(12-4)13-7(2)14-10(6)18-11-16-15-8(3)17(11)5/h1-5H3,(H,12,13,14). The highest BCUT2D eigenvalue weighted by Crippen LogP contribution is 2.29. The molecule has 0 aliphatic carbocycles. The van der Waals surface area contributed by atoms with Crippen molar-refractivity contribution in [1.29, 1.82) is 0 Å². The minimum absolute atomic E-state index is 0.742. The molecule has 0 atom stereocenters. The van der Waals surface area contributed by atoms with E-state index in [2.05, 4.69) is 25.5 Å². The molecular weight excluding hydrogens is 248 g/mol. The molecule has 0 unspecified atom stereocenters. The van der Waals surface area contributed by atoms with Crippen molar-refractivity contribution in [2.75, 3.05) is 12.4 Å². The van der Waals surface area contributed by atoms with E-state index in [4.69, 9.17) is 0 Å². The Hall–Kier alpha value is -1.63. The molecule has 0 fully saturated rings. The highest BCUT2D eigenvalue weighted by atomic mass is 32.2. The maximum atomic E-state index is 4.46. The van der Waals surface area contributed by atoms with Crippen LogP contribution < -0.4 is 5.32 Å². The summed E-state index contributed by atoms with van der Waals surface area (Å²) in [4.78, 5) is 8.80. The lowest BCUT2D eigenvalue weighted by molar-refractivity contribution is 0.763. The van der Waals surface area contributed by atoms with Crippen LogP contribution in [-0.4, -0.2) is 31.8 Å². The molecule has 1 N–H and O–H groups in total. The van der Waals surface area contributed by atoms with Gasteiger partial charge in [-0.05, 0) is 32.5 Å². The third-order valence-electron chi connectivity index (χ3n) is 2.69. The molecule has 0 amide bonds. The van der Waals surface area contributed by atoms with Gasteiger partial charge >= 0.3 is 0 Å². The van der Waals surface area contributed by atoms with Gasteiger partial charge in [-0.3, -0.25) is 0 Å². The second-order valence-corrected chi connectivity index (χ2v) is 4.95. The highest BCUT2D eigenvalue weighted by molar-refractivity contribution is 7.99. The SMILES string of the molecule is CNc1nc(C)nc(Sc2nnc(C)n2C)c1C. The molecule has 0 saturated carbocycles. The van der Waals surface area contributed by atoms with E-state index in [1.165, 1.54) is 11.8 Å². The summed E-state index contributed by atoms with van der Waals surface area (Å²) in [7, 11) is 3.80. The van der Waals surface area contributed by atoms with Gasteiger partial charge in [0.25, 0.3) is 0 Å². The molecule has 2 aromatic heterocycles. The second kappa shape index (κ2) is 4.93. The van der Waals surface area contributed by atoms with E-state index in [-0.39, 0.29) is 0 Å². The van der Waals surface area contributed by atoms with Crippen molar-refractivity contribution in [3.8, 4) is 0 Å². The fraction of sp³-hybridized carbons (Fsp3) is 0.455. The zero-order chi connectivity index (χ0) is 13.3. The molecule has 0 aliphatic heterocycles. The monoisotopic (exact) mass is 264 g/mol. The van der Waals surface area contributed by atoms with E-state index in [1.807, 2.05) is 39.4 Å². The topological polar surface area (TPSA) is 68.5 Å². The summed E-state index contributed by atoms with van der Waals surface area (Å²) in [5.41, 5.74) is 1.02. The lowest BCUT2D eigenvalue weighted by Gasteiger charge is -2.09. The summed E-state index contributed by atoms with van der Waals surface area (Å²) in [6, 6.07) is 0. The Bertz CT molecular complexity index is 577. The first-order valence-electron chi connectivity index (χ1n) is 5.59. The van der Waals surface area contributed by atoms with Gasteiger partial charge in [-0.1, -0.05) is 0 Å². The van der Waals surface area contributed by atoms with Crippen molar-refractivity contribution in [3.05, 3.63) is 17.2 Å². The van der Waals surface area contributed by atoms with E-state index in [0.29, 0.717) is 0 Å². The fourth-order valence-electron chi connectivity index (χ4n) is 1.51. The molecule has 7 heteroatoms. The Kier molecular flexibility index (Phi) is 3.51. The summed E-state index contributed by atoms with van der Waals surface area (Å²) in [5, 5.41) is 13.0. The van der Waals surface area contributed by atoms with Crippen LogP contribution in [0.25, 0.3) is 0 Å². The van der Waals surface area contributed by atoms with Gasteiger partial charge in [-0.25, -0.2) is 9.97 Å². The zero-order valence-corrected chi connectivity index (χ0v) is 12.0. The lowest BCUT2D eigenvalue weighted by atomic mass is 10.3. The van der Waals surface area contributed by atoms with Gasteiger partial charge in [-0.2, -0.15) is 0 Å². The molecule has 6 nitrogen and oxygen atoms in total. The third-order valence-corrected chi connectivity index (χ3v) is 3.82. The lowest BCUT2D eigenvalue weighted by Crippen LogP contribution is -2.03. The van der Waals surface area contributed by atoms with Crippen molar-refractivity contribution >= 4 is 17.6 Å². The zero-order valence-electron chi connectivity index (χ0n) is 11.1. The minimum atomic E-state index is 0.742. The van der Waals surface area contributed by atoms with E-state index in [0.717, 1.165) is 33.2 Å². The number of aryl methyl sites for hydroxylation is 2. The van der Waals surface area contributed by atoms with Crippen LogP contribution in [0.15, 0.2) is 10.2 Å². The first-order valence-corrected chi connectivity index (χ1v) is 6.41. The summed E-state index contributed by atoms with van der Waals surface area (Å²) < 4.78 is 1.95. The van der Waals surface area contributed by atoms with Crippen molar-refractivity contribution in [2.45, 2.75) is 31.0 Å². The Morgan fingerprint density at radius 3 is 2.39 bits per heavy atom. The predicted octanol–water partition coefficient (Wildman–Crippen LogP) is 1.72. The van der Waals surface area contributed by atoms with E-state index in [9.17, 15) is 0 Å².